The number of likely N-dealkylation sites (N-methyl/N-ethyl adjacent to an activating group) is 1. The highest BCUT2D eigenvalue weighted by Gasteiger charge is 2.08. The molecule has 1 atom stereocenters. The highest BCUT2D eigenvalue weighted by atomic mass is 15.4. The Hall–Kier alpha value is -0.900. The molecule has 0 fully saturated rings. The van der Waals surface area contributed by atoms with Crippen LogP contribution >= 0.6 is 0 Å². The molecule has 14 heavy (non-hydrogen) atoms. The van der Waals surface area contributed by atoms with Crippen LogP contribution in [0.1, 0.15) is 31.9 Å². The first-order chi connectivity index (χ1) is 6.76. The van der Waals surface area contributed by atoms with E-state index in [2.05, 4.69) is 22.6 Å². The van der Waals surface area contributed by atoms with Crippen molar-refractivity contribution in [3.8, 4) is 0 Å². The Bertz CT molecular complexity index is 256. The lowest BCUT2D eigenvalue weighted by Crippen LogP contribution is -2.27. The van der Waals surface area contributed by atoms with Gasteiger partial charge in [-0.15, -0.1) is 5.10 Å². The number of rotatable bonds is 6. The van der Waals surface area contributed by atoms with Gasteiger partial charge in [0.2, 0.25) is 0 Å². The van der Waals surface area contributed by atoms with Gasteiger partial charge in [0.25, 0.3) is 0 Å². The molecule has 0 aliphatic rings. The van der Waals surface area contributed by atoms with Gasteiger partial charge in [0.15, 0.2) is 0 Å². The molecule has 1 N–H and O–H groups in total. The van der Waals surface area contributed by atoms with Gasteiger partial charge >= 0.3 is 0 Å². The standard InChI is InChI=1S/C10H20N4/c1-4-5-6-9(11-2)7-10-8-14(3)13-12-10/h8-9,11H,4-7H2,1-3H3. The molecule has 0 bridgehead atoms. The van der Waals surface area contributed by atoms with Gasteiger partial charge in [0.1, 0.15) is 0 Å². The second kappa shape index (κ2) is 5.75. The molecule has 0 radical (unpaired) electrons. The maximum absolute atomic E-state index is 4.08. The lowest BCUT2D eigenvalue weighted by Gasteiger charge is -2.13. The predicted octanol–water partition coefficient (Wildman–Crippen LogP) is 1.14. The van der Waals surface area contributed by atoms with E-state index < -0.39 is 0 Å². The maximum Gasteiger partial charge on any atom is 0.0842 e. The number of aromatic nitrogens is 3. The summed E-state index contributed by atoms with van der Waals surface area (Å²) in [5, 5.41) is 11.3. The summed E-state index contributed by atoms with van der Waals surface area (Å²) in [7, 11) is 3.91. The van der Waals surface area contributed by atoms with Gasteiger partial charge in [-0.25, -0.2) is 0 Å². The fourth-order valence-corrected chi connectivity index (χ4v) is 1.54. The first-order valence-electron chi connectivity index (χ1n) is 5.28. The van der Waals surface area contributed by atoms with Crippen LogP contribution in [0.15, 0.2) is 6.20 Å². The number of hydrogen-bond acceptors (Lipinski definition) is 3. The van der Waals surface area contributed by atoms with Gasteiger partial charge < -0.3 is 5.32 Å². The van der Waals surface area contributed by atoms with Crippen molar-refractivity contribution in [2.75, 3.05) is 7.05 Å². The molecule has 0 saturated carbocycles. The molecule has 1 rings (SSSR count). The van der Waals surface area contributed by atoms with E-state index in [-0.39, 0.29) is 0 Å². The molecule has 0 aliphatic heterocycles. The summed E-state index contributed by atoms with van der Waals surface area (Å²) in [6.07, 6.45) is 6.69. The molecule has 1 aromatic heterocycles. The number of nitrogens with one attached hydrogen (secondary N) is 1. The van der Waals surface area contributed by atoms with Gasteiger partial charge in [0, 0.05) is 25.7 Å². The monoisotopic (exact) mass is 196 g/mol. The van der Waals surface area contributed by atoms with E-state index >= 15 is 0 Å². The van der Waals surface area contributed by atoms with Crippen LogP contribution in [-0.4, -0.2) is 28.1 Å². The third kappa shape index (κ3) is 3.46. The topological polar surface area (TPSA) is 42.7 Å². The van der Waals surface area contributed by atoms with Crippen molar-refractivity contribution in [2.24, 2.45) is 7.05 Å². The van der Waals surface area contributed by atoms with Crippen molar-refractivity contribution in [3.05, 3.63) is 11.9 Å². The summed E-state index contributed by atoms with van der Waals surface area (Å²) in [5.74, 6) is 0. The second-order valence-corrected chi connectivity index (χ2v) is 3.72. The largest absolute Gasteiger partial charge is 0.317 e. The van der Waals surface area contributed by atoms with Crippen molar-refractivity contribution in [3.63, 3.8) is 0 Å². The van der Waals surface area contributed by atoms with Gasteiger partial charge in [-0.3, -0.25) is 4.68 Å². The lowest BCUT2D eigenvalue weighted by atomic mass is 10.1. The van der Waals surface area contributed by atoms with Crippen LogP contribution in [0.5, 0.6) is 0 Å². The van der Waals surface area contributed by atoms with Crippen LogP contribution in [0.4, 0.5) is 0 Å². The van der Waals surface area contributed by atoms with Crippen molar-refractivity contribution in [2.45, 2.75) is 38.6 Å². The van der Waals surface area contributed by atoms with Crippen molar-refractivity contribution in [1.29, 1.82) is 0 Å². The van der Waals surface area contributed by atoms with Crippen LogP contribution in [0.3, 0.4) is 0 Å². The van der Waals surface area contributed by atoms with Crippen LogP contribution in [0.2, 0.25) is 0 Å². The first kappa shape index (κ1) is 11.2. The normalized spacial score (nSPS) is 13.1. The Morgan fingerprint density at radius 2 is 2.36 bits per heavy atom. The van der Waals surface area contributed by atoms with E-state index in [0.29, 0.717) is 6.04 Å². The zero-order valence-electron chi connectivity index (χ0n) is 9.32. The van der Waals surface area contributed by atoms with Crippen molar-refractivity contribution >= 4 is 0 Å². The second-order valence-electron chi connectivity index (χ2n) is 3.72. The van der Waals surface area contributed by atoms with Crippen molar-refractivity contribution < 1.29 is 0 Å². The number of aryl methyl sites for hydroxylation is 1. The molecule has 0 aromatic carbocycles. The minimum atomic E-state index is 0.534. The predicted molar refractivity (Wildman–Crippen MR) is 57.1 cm³/mol. The zero-order chi connectivity index (χ0) is 10.4. The van der Waals surface area contributed by atoms with Gasteiger partial charge in [-0.2, -0.15) is 0 Å². The van der Waals surface area contributed by atoms with Gasteiger partial charge in [-0.05, 0) is 13.5 Å². The average Bonchev–Trinajstić information content (AvgIpc) is 2.58. The van der Waals surface area contributed by atoms with E-state index in [9.17, 15) is 0 Å². The highest BCUT2D eigenvalue weighted by Crippen LogP contribution is 2.05. The Kier molecular flexibility index (Phi) is 4.59. The molecule has 4 heteroatoms. The molecule has 0 spiro atoms. The Balaban J connectivity index is 2.40. The van der Waals surface area contributed by atoms with Gasteiger partial charge in [-0.1, -0.05) is 25.0 Å². The van der Waals surface area contributed by atoms with E-state index in [1.165, 1.54) is 19.3 Å². The SMILES string of the molecule is CCCCC(Cc1cn(C)nn1)NC. The van der Waals surface area contributed by atoms with Crippen LogP contribution < -0.4 is 5.32 Å². The molecule has 4 nitrogen and oxygen atoms in total. The third-order valence-corrected chi connectivity index (χ3v) is 2.42. The number of unbranched alkanes of at least 4 members (excludes halogenated alkanes) is 1. The van der Waals surface area contributed by atoms with E-state index in [1.807, 2.05) is 20.3 Å². The van der Waals surface area contributed by atoms with Crippen LogP contribution in [0, 0.1) is 0 Å². The Morgan fingerprint density at radius 1 is 1.57 bits per heavy atom. The molecule has 80 valence electrons. The molecule has 0 aliphatic carbocycles. The summed E-state index contributed by atoms with van der Waals surface area (Å²) in [4.78, 5) is 0. The molecule has 1 unspecified atom stereocenters. The number of hydrogen-bond donors (Lipinski definition) is 1. The molecular formula is C10H20N4. The molecular weight excluding hydrogens is 176 g/mol. The Morgan fingerprint density at radius 3 is 2.86 bits per heavy atom. The quantitative estimate of drug-likeness (QED) is 0.742. The maximum atomic E-state index is 4.08. The fraction of sp³-hybridized carbons (Fsp3) is 0.800. The molecule has 0 saturated heterocycles. The molecule has 0 amide bonds. The van der Waals surface area contributed by atoms with E-state index in [4.69, 9.17) is 0 Å². The fourth-order valence-electron chi connectivity index (χ4n) is 1.54. The summed E-state index contributed by atoms with van der Waals surface area (Å²) in [6, 6.07) is 0.534. The molecule has 1 aromatic rings. The smallest absolute Gasteiger partial charge is 0.0842 e. The zero-order valence-corrected chi connectivity index (χ0v) is 9.32. The lowest BCUT2D eigenvalue weighted by molar-refractivity contribution is 0.494. The number of nitrogens with zero attached hydrogens (tertiary/aromatic N) is 3. The van der Waals surface area contributed by atoms with Crippen LogP contribution in [-0.2, 0) is 13.5 Å². The Labute approximate surface area is 85.7 Å². The minimum absolute atomic E-state index is 0.534. The van der Waals surface area contributed by atoms with E-state index in [1.54, 1.807) is 4.68 Å². The van der Waals surface area contributed by atoms with Gasteiger partial charge in [0.05, 0.1) is 5.69 Å². The van der Waals surface area contributed by atoms with E-state index in [0.717, 1.165) is 12.1 Å². The summed E-state index contributed by atoms with van der Waals surface area (Å²) >= 11 is 0. The van der Waals surface area contributed by atoms with Crippen LogP contribution in [0.25, 0.3) is 0 Å². The molecule has 1 heterocycles. The highest BCUT2D eigenvalue weighted by molar-refractivity contribution is 4.95. The third-order valence-electron chi connectivity index (χ3n) is 2.42. The average molecular weight is 196 g/mol. The van der Waals surface area contributed by atoms with Crippen molar-refractivity contribution in [1.82, 2.24) is 20.3 Å². The summed E-state index contributed by atoms with van der Waals surface area (Å²) in [5.41, 5.74) is 1.07. The minimum Gasteiger partial charge on any atom is -0.317 e. The summed E-state index contributed by atoms with van der Waals surface area (Å²) < 4.78 is 1.75. The first-order valence-corrected chi connectivity index (χ1v) is 5.28. The summed E-state index contributed by atoms with van der Waals surface area (Å²) in [6.45, 7) is 2.22.